The topological polar surface area (TPSA) is 29.5 Å². The maximum atomic E-state index is 13.7. The van der Waals surface area contributed by atoms with Crippen LogP contribution < -0.4 is 4.74 Å². The minimum atomic E-state index is -1.19. The molecular weight excluding hydrogens is 255 g/mol. The molecule has 0 fully saturated rings. The maximum Gasteiger partial charge on any atom is 0.126 e. The van der Waals surface area contributed by atoms with Crippen LogP contribution in [0.25, 0.3) is 0 Å². The number of hydrogen-bond donors (Lipinski definition) is 1. The molecule has 2 aromatic carbocycles. The van der Waals surface area contributed by atoms with E-state index in [1.54, 1.807) is 25.1 Å². The van der Waals surface area contributed by atoms with Crippen LogP contribution in [-0.4, -0.2) is 11.7 Å². The largest absolute Gasteiger partial charge is 0.493 e. The van der Waals surface area contributed by atoms with Gasteiger partial charge in [0.15, 0.2) is 0 Å². The van der Waals surface area contributed by atoms with Gasteiger partial charge >= 0.3 is 0 Å². The second kappa shape index (κ2) is 6.06. The minimum absolute atomic E-state index is 0.198. The van der Waals surface area contributed by atoms with E-state index in [0.717, 1.165) is 0 Å². The molecule has 2 rings (SSSR count). The average molecular weight is 274 g/mol. The smallest absolute Gasteiger partial charge is 0.126 e. The van der Waals surface area contributed by atoms with Gasteiger partial charge in [-0.05, 0) is 31.5 Å². The predicted octanol–water partition coefficient (Wildman–Crippen LogP) is 3.67. The second-order valence-corrected chi connectivity index (χ2v) is 4.97. The van der Waals surface area contributed by atoms with Gasteiger partial charge < -0.3 is 9.84 Å². The molecule has 106 valence electrons. The van der Waals surface area contributed by atoms with Crippen LogP contribution in [-0.2, 0) is 12.0 Å². The van der Waals surface area contributed by atoms with Crippen molar-refractivity contribution in [2.75, 3.05) is 6.61 Å². The Labute approximate surface area is 118 Å². The van der Waals surface area contributed by atoms with Crippen molar-refractivity contribution in [2.24, 2.45) is 0 Å². The minimum Gasteiger partial charge on any atom is -0.493 e. The summed E-state index contributed by atoms with van der Waals surface area (Å²) >= 11 is 0. The molecule has 0 aliphatic heterocycles. The number of halogens is 1. The van der Waals surface area contributed by atoms with Crippen molar-refractivity contribution in [3.63, 3.8) is 0 Å². The fourth-order valence-electron chi connectivity index (χ4n) is 2.30. The zero-order chi connectivity index (χ0) is 14.6. The highest BCUT2D eigenvalue weighted by Gasteiger charge is 2.28. The molecule has 1 N–H and O–H groups in total. The molecule has 20 heavy (non-hydrogen) atoms. The third-order valence-electron chi connectivity index (χ3n) is 3.26. The number of rotatable bonds is 5. The lowest BCUT2D eigenvalue weighted by molar-refractivity contribution is 0.0534. The first-order valence-corrected chi connectivity index (χ1v) is 6.72. The highest BCUT2D eigenvalue weighted by atomic mass is 19.1. The molecule has 3 heteroatoms. The number of para-hydroxylation sites is 1. The van der Waals surface area contributed by atoms with Crippen LogP contribution in [0.5, 0.6) is 5.75 Å². The van der Waals surface area contributed by atoms with Crippen LogP contribution >= 0.6 is 0 Å². The Bertz CT molecular complexity index is 579. The lowest BCUT2D eigenvalue weighted by Crippen LogP contribution is -2.25. The van der Waals surface area contributed by atoms with Crippen LogP contribution in [0.4, 0.5) is 4.39 Å². The van der Waals surface area contributed by atoms with Crippen LogP contribution in [0.3, 0.4) is 0 Å². The predicted molar refractivity (Wildman–Crippen MR) is 77.3 cm³/mol. The SMILES string of the molecule is CCOc1ccccc1C(C)(O)Cc1ccccc1F. The molecule has 0 bridgehead atoms. The van der Waals surface area contributed by atoms with Crippen molar-refractivity contribution < 1.29 is 14.2 Å². The Hall–Kier alpha value is -1.87. The van der Waals surface area contributed by atoms with Crippen LogP contribution in [0.1, 0.15) is 25.0 Å². The molecule has 0 aliphatic rings. The van der Waals surface area contributed by atoms with E-state index in [1.165, 1.54) is 6.07 Å². The summed E-state index contributed by atoms with van der Waals surface area (Å²) in [5, 5.41) is 10.7. The van der Waals surface area contributed by atoms with Gasteiger partial charge in [-0.2, -0.15) is 0 Å². The Kier molecular flexibility index (Phi) is 4.40. The van der Waals surface area contributed by atoms with E-state index < -0.39 is 5.60 Å². The molecule has 0 saturated carbocycles. The first-order valence-electron chi connectivity index (χ1n) is 6.72. The molecule has 0 aliphatic carbocycles. The molecule has 0 heterocycles. The van der Waals surface area contributed by atoms with Gasteiger partial charge in [-0.3, -0.25) is 0 Å². The number of aliphatic hydroxyl groups is 1. The van der Waals surface area contributed by atoms with Crippen molar-refractivity contribution in [3.8, 4) is 5.75 Å². The van der Waals surface area contributed by atoms with Gasteiger partial charge in [-0.1, -0.05) is 36.4 Å². The summed E-state index contributed by atoms with van der Waals surface area (Å²) in [6, 6.07) is 13.8. The van der Waals surface area contributed by atoms with Crippen molar-refractivity contribution in [2.45, 2.75) is 25.9 Å². The second-order valence-electron chi connectivity index (χ2n) is 4.97. The zero-order valence-electron chi connectivity index (χ0n) is 11.8. The number of hydrogen-bond acceptors (Lipinski definition) is 2. The Morgan fingerprint density at radius 2 is 1.75 bits per heavy atom. The lowest BCUT2D eigenvalue weighted by atomic mass is 9.88. The molecule has 1 atom stereocenters. The van der Waals surface area contributed by atoms with E-state index in [4.69, 9.17) is 4.74 Å². The van der Waals surface area contributed by atoms with Gasteiger partial charge in [0.1, 0.15) is 11.6 Å². The molecule has 0 amide bonds. The Morgan fingerprint density at radius 1 is 1.10 bits per heavy atom. The summed E-state index contributed by atoms with van der Waals surface area (Å²) in [6.07, 6.45) is 0.198. The molecule has 0 radical (unpaired) electrons. The first-order chi connectivity index (χ1) is 9.54. The van der Waals surface area contributed by atoms with E-state index in [1.807, 2.05) is 31.2 Å². The van der Waals surface area contributed by atoms with E-state index >= 15 is 0 Å². The highest BCUT2D eigenvalue weighted by Crippen LogP contribution is 2.33. The highest BCUT2D eigenvalue weighted by molar-refractivity contribution is 5.39. The molecule has 1 unspecified atom stereocenters. The molecule has 0 spiro atoms. The van der Waals surface area contributed by atoms with E-state index in [0.29, 0.717) is 23.5 Å². The fourth-order valence-corrected chi connectivity index (χ4v) is 2.30. The van der Waals surface area contributed by atoms with E-state index in [9.17, 15) is 9.50 Å². The summed E-state index contributed by atoms with van der Waals surface area (Å²) < 4.78 is 19.3. The average Bonchev–Trinajstić information content (AvgIpc) is 2.42. The number of ether oxygens (including phenoxy) is 1. The van der Waals surface area contributed by atoms with Gasteiger partial charge in [-0.15, -0.1) is 0 Å². The van der Waals surface area contributed by atoms with Crippen molar-refractivity contribution in [3.05, 3.63) is 65.5 Å². The summed E-state index contributed by atoms with van der Waals surface area (Å²) in [7, 11) is 0. The zero-order valence-corrected chi connectivity index (χ0v) is 11.8. The van der Waals surface area contributed by atoms with Crippen molar-refractivity contribution >= 4 is 0 Å². The van der Waals surface area contributed by atoms with E-state index in [2.05, 4.69) is 0 Å². The first kappa shape index (κ1) is 14.5. The summed E-state index contributed by atoms with van der Waals surface area (Å²) in [4.78, 5) is 0. The van der Waals surface area contributed by atoms with Crippen LogP contribution in [0.15, 0.2) is 48.5 Å². The molecule has 2 aromatic rings. The van der Waals surface area contributed by atoms with E-state index in [-0.39, 0.29) is 12.2 Å². The summed E-state index contributed by atoms with van der Waals surface area (Å²) in [5.74, 6) is 0.331. The molecule has 0 aromatic heterocycles. The third kappa shape index (κ3) is 3.17. The standard InChI is InChI=1S/C17H19FO2/c1-3-20-16-11-7-5-9-14(16)17(2,19)12-13-8-4-6-10-15(13)18/h4-11,19H,3,12H2,1-2H3. The monoisotopic (exact) mass is 274 g/mol. The van der Waals surface area contributed by atoms with Gasteiger partial charge in [0.05, 0.1) is 12.2 Å². The quantitative estimate of drug-likeness (QED) is 0.901. The molecular formula is C17H19FO2. The Morgan fingerprint density at radius 3 is 2.45 bits per heavy atom. The maximum absolute atomic E-state index is 13.7. The molecule has 2 nitrogen and oxygen atoms in total. The van der Waals surface area contributed by atoms with Crippen LogP contribution in [0, 0.1) is 5.82 Å². The lowest BCUT2D eigenvalue weighted by Gasteiger charge is -2.26. The summed E-state index contributed by atoms with van der Waals surface area (Å²) in [6.45, 7) is 4.09. The van der Waals surface area contributed by atoms with Crippen LogP contribution in [0.2, 0.25) is 0 Å². The van der Waals surface area contributed by atoms with Crippen molar-refractivity contribution in [1.29, 1.82) is 0 Å². The summed E-state index contributed by atoms with van der Waals surface area (Å²) in [5.41, 5.74) is -0.0255. The fraction of sp³-hybridized carbons (Fsp3) is 0.294. The van der Waals surface area contributed by atoms with Gasteiger partial charge in [0, 0.05) is 12.0 Å². The van der Waals surface area contributed by atoms with Gasteiger partial charge in [0.25, 0.3) is 0 Å². The van der Waals surface area contributed by atoms with Crippen molar-refractivity contribution in [1.82, 2.24) is 0 Å². The van der Waals surface area contributed by atoms with Gasteiger partial charge in [-0.25, -0.2) is 4.39 Å². The molecule has 0 saturated heterocycles. The van der Waals surface area contributed by atoms with Gasteiger partial charge in [0.2, 0.25) is 0 Å². The third-order valence-corrected chi connectivity index (χ3v) is 3.26. The Balaban J connectivity index is 2.33. The number of benzene rings is 2. The normalized spacial score (nSPS) is 13.8.